The second-order valence-corrected chi connectivity index (χ2v) is 4.01. The van der Waals surface area contributed by atoms with E-state index in [1.165, 1.54) is 6.07 Å². The highest BCUT2D eigenvalue weighted by Gasteiger charge is 2.30. The molecule has 100 valence electrons. The monoisotopic (exact) mass is 268 g/mol. The number of pyridine rings is 2. The fraction of sp³-hybridized carbons (Fsp3) is 0.231. The molecule has 19 heavy (non-hydrogen) atoms. The summed E-state index contributed by atoms with van der Waals surface area (Å²) in [6.45, 7) is 0. The van der Waals surface area contributed by atoms with E-state index in [-0.39, 0.29) is 12.1 Å². The zero-order valence-corrected chi connectivity index (χ0v) is 9.80. The Labute approximate surface area is 107 Å². The first-order valence-electron chi connectivity index (χ1n) is 5.58. The van der Waals surface area contributed by atoms with Gasteiger partial charge in [0.2, 0.25) is 0 Å². The van der Waals surface area contributed by atoms with Crippen LogP contribution in [0, 0.1) is 0 Å². The van der Waals surface area contributed by atoms with Crippen LogP contribution >= 0.6 is 0 Å². The van der Waals surface area contributed by atoms with Gasteiger partial charge in [0.05, 0.1) is 11.3 Å². The Morgan fingerprint density at radius 2 is 1.89 bits per heavy atom. The molecule has 2 heterocycles. The third-order valence-corrected chi connectivity index (χ3v) is 2.58. The van der Waals surface area contributed by atoms with Gasteiger partial charge in [0.15, 0.2) is 0 Å². The highest BCUT2D eigenvalue weighted by molar-refractivity contribution is 5.19. The summed E-state index contributed by atoms with van der Waals surface area (Å²) in [4.78, 5) is 7.68. The summed E-state index contributed by atoms with van der Waals surface area (Å²) in [5.74, 6) is 0. The van der Waals surface area contributed by atoms with Crippen LogP contribution in [0.5, 0.6) is 0 Å². The number of aliphatic hydroxyl groups is 1. The van der Waals surface area contributed by atoms with E-state index < -0.39 is 17.8 Å². The molecular formula is C13H11F3N2O. The van der Waals surface area contributed by atoms with Crippen molar-refractivity contribution in [3.05, 3.63) is 59.7 Å². The lowest BCUT2D eigenvalue weighted by atomic mass is 10.1. The molecule has 0 saturated carbocycles. The van der Waals surface area contributed by atoms with Crippen LogP contribution in [-0.2, 0) is 12.6 Å². The summed E-state index contributed by atoms with van der Waals surface area (Å²) in [5.41, 5.74) is 0.0108. The molecule has 0 bridgehead atoms. The van der Waals surface area contributed by atoms with Gasteiger partial charge in [-0.25, -0.2) is 0 Å². The lowest BCUT2D eigenvalue weighted by Crippen LogP contribution is -2.09. The van der Waals surface area contributed by atoms with Crippen molar-refractivity contribution >= 4 is 0 Å². The van der Waals surface area contributed by atoms with Crippen molar-refractivity contribution in [2.45, 2.75) is 18.7 Å². The highest BCUT2D eigenvalue weighted by atomic mass is 19.4. The van der Waals surface area contributed by atoms with Gasteiger partial charge in [0.1, 0.15) is 6.10 Å². The summed E-state index contributed by atoms with van der Waals surface area (Å²) in [7, 11) is 0. The van der Waals surface area contributed by atoms with Crippen LogP contribution in [0.25, 0.3) is 0 Å². The van der Waals surface area contributed by atoms with E-state index >= 15 is 0 Å². The third kappa shape index (κ3) is 3.51. The smallest absolute Gasteiger partial charge is 0.386 e. The molecule has 6 heteroatoms. The Kier molecular flexibility index (Phi) is 3.80. The number of hydrogen-bond donors (Lipinski definition) is 1. The fourth-order valence-electron chi connectivity index (χ4n) is 1.59. The zero-order valence-electron chi connectivity index (χ0n) is 9.80. The van der Waals surface area contributed by atoms with Crippen molar-refractivity contribution < 1.29 is 18.3 Å². The average molecular weight is 268 g/mol. The minimum absolute atomic E-state index is 0.193. The molecule has 2 aromatic rings. The van der Waals surface area contributed by atoms with Gasteiger partial charge in [-0.3, -0.25) is 9.97 Å². The Bertz CT molecular complexity index is 526. The quantitative estimate of drug-likeness (QED) is 0.931. The number of aliphatic hydroxyl groups excluding tert-OH is 1. The van der Waals surface area contributed by atoms with E-state index in [1.807, 2.05) is 0 Å². The Hall–Kier alpha value is -1.95. The molecule has 0 aromatic carbocycles. The van der Waals surface area contributed by atoms with Gasteiger partial charge in [-0.15, -0.1) is 0 Å². The second-order valence-electron chi connectivity index (χ2n) is 4.01. The van der Waals surface area contributed by atoms with E-state index in [2.05, 4.69) is 9.97 Å². The van der Waals surface area contributed by atoms with E-state index in [9.17, 15) is 18.3 Å². The van der Waals surface area contributed by atoms with Crippen molar-refractivity contribution in [1.82, 2.24) is 9.97 Å². The van der Waals surface area contributed by atoms with Crippen LogP contribution in [0.4, 0.5) is 13.2 Å². The van der Waals surface area contributed by atoms with E-state index in [0.717, 1.165) is 12.3 Å². The van der Waals surface area contributed by atoms with Gasteiger partial charge in [0, 0.05) is 24.5 Å². The molecule has 0 aliphatic heterocycles. The first-order valence-corrected chi connectivity index (χ1v) is 5.58. The molecule has 1 unspecified atom stereocenters. The molecule has 0 aliphatic carbocycles. The SMILES string of the molecule is OC(Cc1ccccn1)c1ccc(C(F)(F)F)cn1. The Morgan fingerprint density at radius 3 is 2.42 bits per heavy atom. The summed E-state index contributed by atoms with van der Waals surface area (Å²) in [6.07, 6.45) is -2.88. The molecule has 0 spiro atoms. The lowest BCUT2D eigenvalue weighted by molar-refractivity contribution is -0.137. The highest BCUT2D eigenvalue weighted by Crippen LogP contribution is 2.29. The van der Waals surface area contributed by atoms with Crippen LogP contribution in [0.1, 0.15) is 23.1 Å². The molecule has 0 amide bonds. The predicted molar refractivity (Wildman–Crippen MR) is 62.1 cm³/mol. The van der Waals surface area contributed by atoms with Crippen LogP contribution in [-0.4, -0.2) is 15.1 Å². The number of nitrogens with zero attached hydrogens (tertiary/aromatic N) is 2. The normalized spacial score (nSPS) is 13.3. The summed E-state index contributed by atoms with van der Waals surface area (Å²) < 4.78 is 37.1. The minimum Gasteiger partial charge on any atom is -0.386 e. The molecule has 2 rings (SSSR count). The van der Waals surface area contributed by atoms with Gasteiger partial charge in [0.25, 0.3) is 0 Å². The number of aromatic nitrogens is 2. The molecular weight excluding hydrogens is 257 g/mol. The first-order chi connectivity index (χ1) is 8.97. The molecule has 0 aliphatic rings. The van der Waals surface area contributed by atoms with Gasteiger partial charge in [-0.2, -0.15) is 13.2 Å². The molecule has 2 aromatic heterocycles. The minimum atomic E-state index is -4.42. The summed E-state index contributed by atoms with van der Waals surface area (Å²) in [5, 5.41) is 9.88. The maximum atomic E-state index is 12.4. The molecule has 0 fully saturated rings. The number of alkyl halides is 3. The second kappa shape index (κ2) is 5.36. The van der Waals surface area contributed by atoms with Gasteiger partial charge < -0.3 is 5.11 Å². The predicted octanol–water partition coefficient (Wildman–Crippen LogP) is 2.77. The molecule has 0 saturated heterocycles. The lowest BCUT2D eigenvalue weighted by Gasteiger charge is -2.11. The zero-order chi connectivity index (χ0) is 13.9. The Balaban J connectivity index is 2.10. The maximum absolute atomic E-state index is 12.4. The maximum Gasteiger partial charge on any atom is 0.417 e. The number of rotatable bonds is 3. The largest absolute Gasteiger partial charge is 0.417 e. The standard InChI is InChI=1S/C13H11F3N2O/c14-13(15,16)9-4-5-11(18-8-9)12(19)7-10-3-1-2-6-17-10/h1-6,8,12,19H,7H2. The molecule has 0 radical (unpaired) electrons. The van der Waals surface area contributed by atoms with Crippen LogP contribution < -0.4 is 0 Å². The van der Waals surface area contributed by atoms with Gasteiger partial charge in [-0.05, 0) is 24.3 Å². The summed E-state index contributed by atoms with van der Waals surface area (Å²) in [6, 6.07) is 7.33. The molecule has 3 nitrogen and oxygen atoms in total. The van der Waals surface area contributed by atoms with Crippen LogP contribution in [0.3, 0.4) is 0 Å². The van der Waals surface area contributed by atoms with Crippen LogP contribution in [0.2, 0.25) is 0 Å². The first kappa shape index (κ1) is 13.5. The van der Waals surface area contributed by atoms with Crippen molar-refractivity contribution in [1.29, 1.82) is 0 Å². The van der Waals surface area contributed by atoms with Crippen molar-refractivity contribution in [2.24, 2.45) is 0 Å². The molecule has 1 N–H and O–H groups in total. The fourth-order valence-corrected chi connectivity index (χ4v) is 1.59. The van der Waals surface area contributed by atoms with Gasteiger partial charge >= 0.3 is 6.18 Å². The van der Waals surface area contributed by atoms with Crippen molar-refractivity contribution in [3.8, 4) is 0 Å². The number of halogens is 3. The van der Waals surface area contributed by atoms with Crippen LogP contribution in [0.15, 0.2) is 42.7 Å². The number of hydrogen-bond acceptors (Lipinski definition) is 3. The van der Waals surface area contributed by atoms with E-state index in [0.29, 0.717) is 5.69 Å². The van der Waals surface area contributed by atoms with E-state index in [1.54, 1.807) is 24.4 Å². The van der Waals surface area contributed by atoms with Crippen molar-refractivity contribution in [3.63, 3.8) is 0 Å². The average Bonchev–Trinajstić information content (AvgIpc) is 2.39. The van der Waals surface area contributed by atoms with Crippen molar-refractivity contribution in [2.75, 3.05) is 0 Å². The van der Waals surface area contributed by atoms with E-state index in [4.69, 9.17) is 0 Å². The Morgan fingerprint density at radius 1 is 1.11 bits per heavy atom. The molecule has 1 atom stereocenters. The third-order valence-electron chi connectivity index (χ3n) is 2.58. The topological polar surface area (TPSA) is 46.0 Å². The summed E-state index contributed by atoms with van der Waals surface area (Å²) >= 11 is 0. The van der Waals surface area contributed by atoms with Gasteiger partial charge in [-0.1, -0.05) is 6.07 Å².